The maximum Gasteiger partial charge on any atom is 0.255 e. The lowest BCUT2D eigenvalue weighted by molar-refractivity contribution is 0.102. The molecule has 142 valence electrons. The van der Waals surface area contributed by atoms with Gasteiger partial charge in [0.05, 0.1) is 6.61 Å². The summed E-state index contributed by atoms with van der Waals surface area (Å²) in [5, 5.41) is 3.05. The van der Waals surface area contributed by atoms with Crippen LogP contribution in [0.3, 0.4) is 0 Å². The Hall–Kier alpha value is -1.60. The van der Waals surface area contributed by atoms with Crippen molar-refractivity contribution in [3.63, 3.8) is 0 Å². The largest absolute Gasteiger partial charge is 0.492 e. The van der Waals surface area contributed by atoms with Gasteiger partial charge in [0.25, 0.3) is 5.91 Å². The van der Waals surface area contributed by atoms with E-state index in [2.05, 4.69) is 52.7 Å². The SMILES string of the molecule is CC(C)N1CCC2(CC1)COc1ccc(NC(=O)c3ccc(I)cc3)cc12. The predicted octanol–water partition coefficient (Wildman–Crippen LogP) is 4.68. The molecule has 0 aliphatic carbocycles. The molecule has 0 unspecified atom stereocenters. The van der Waals surface area contributed by atoms with E-state index in [1.807, 2.05) is 36.4 Å². The number of ether oxygens (including phenoxy) is 1. The minimum absolute atomic E-state index is 0.0751. The van der Waals surface area contributed by atoms with E-state index in [-0.39, 0.29) is 11.3 Å². The van der Waals surface area contributed by atoms with Crippen LogP contribution in [0, 0.1) is 3.57 Å². The summed E-state index contributed by atoms with van der Waals surface area (Å²) >= 11 is 2.24. The van der Waals surface area contributed by atoms with Gasteiger partial charge in [-0.3, -0.25) is 4.79 Å². The van der Waals surface area contributed by atoms with E-state index in [0.717, 1.165) is 47.5 Å². The molecule has 4 nitrogen and oxygen atoms in total. The molecule has 4 rings (SSSR count). The Morgan fingerprint density at radius 2 is 1.85 bits per heavy atom. The summed E-state index contributed by atoms with van der Waals surface area (Å²) in [6.07, 6.45) is 2.21. The predicted molar refractivity (Wildman–Crippen MR) is 117 cm³/mol. The number of carbonyl (C=O) groups excluding carboxylic acids is 1. The number of halogens is 1. The molecule has 0 radical (unpaired) electrons. The van der Waals surface area contributed by atoms with Crippen molar-refractivity contribution in [2.75, 3.05) is 25.0 Å². The van der Waals surface area contributed by atoms with Gasteiger partial charge in [0.15, 0.2) is 0 Å². The van der Waals surface area contributed by atoms with Gasteiger partial charge in [-0.25, -0.2) is 0 Å². The van der Waals surface area contributed by atoms with E-state index in [0.29, 0.717) is 11.6 Å². The van der Waals surface area contributed by atoms with Crippen molar-refractivity contribution in [1.29, 1.82) is 0 Å². The van der Waals surface area contributed by atoms with Crippen LogP contribution in [0.1, 0.15) is 42.6 Å². The van der Waals surface area contributed by atoms with E-state index in [1.54, 1.807) is 0 Å². The molecule has 1 saturated heterocycles. The van der Waals surface area contributed by atoms with Crippen LogP contribution in [-0.2, 0) is 5.41 Å². The summed E-state index contributed by atoms with van der Waals surface area (Å²) in [6, 6.07) is 14.3. The third-order valence-corrected chi connectivity index (χ3v) is 6.62. The van der Waals surface area contributed by atoms with E-state index < -0.39 is 0 Å². The summed E-state index contributed by atoms with van der Waals surface area (Å²) in [5.41, 5.74) is 2.86. The van der Waals surface area contributed by atoms with Gasteiger partial charge in [0.2, 0.25) is 0 Å². The topological polar surface area (TPSA) is 41.6 Å². The first-order valence-corrected chi connectivity index (χ1v) is 10.6. The fourth-order valence-electron chi connectivity index (χ4n) is 4.13. The second-order valence-electron chi connectivity index (χ2n) is 7.87. The molecule has 2 aromatic carbocycles. The van der Waals surface area contributed by atoms with Gasteiger partial charge in [-0.1, -0.05) is 0 Å². The highest BCUT2D eigenvalue weighted by Crippen LogP contribution is 2.46. The van der Waals surface area contributed by atoms with Crippen LogP contribution in [0.5, 0.6) is 5.75 Å². The lowest BCUT2D eigenvalue weighted by atomic mass is 9.74. The van der Waals surface area contributed by atoms with Crippen molar-refractivity contribution in [3.8, 4) is 5.75 Å². The van der Waals surface area contributed by atoms with Crippen LogP contribution < -0.4 is 10.1 Å². The number of rotatable bonds is 3. The van der Waals surface area contributed by atoms with Crippen molar-refractivity contribution in [2.45, 2.75) is 38.1 Å². The quantitative estimate of drug-likeness (QED) is 0.655. The van der Waals surface area contributed by atoms with Crippen LogP contribution >= 0.6 is 22.6 Å². The molecular formula is C22H25IN2O2. The molecule has 1 amide bonds. The second kappa shape index (κ2) is 7.43. The Kier molecular flexibility index (Phi) is 5.16. The average Bonchev–Trinajstić information content (AvgIpc) is 3.00. The molecule has 2 aromatic rings. The number of hydrogen-bond acceptors (Lipinski definition) is 3. The third-order valence-electron chi connectivity index (χ3n) is 5.90. The third kappa shape index (κ3) is 3.72. The normalized spacial score (nSPS) is 18.4. The number of carbonyl (C=O) groups is 1. The van der Waals surface area contributed by atoms with E-state index in [1.165, 1.54) is 5.56 Å². The smallest absolute Gasteiger partial charge is 0.255 e. The van der Waals surface area contributed by atoms with Gasteiger partial charge in [-0.2, -0.15) is 0 Å². The summed E-state index contributed by atoms with van der Waals surface area (Å²) < 4.78 is 7.13. The summed E-state index contributed by atoms with van der Waals surface area (Å²) in [7, 11) is 0. The van der Waals surface area contributed by atoms with Crippen molar-refractivity contribution in [1.82, 2.24) is 4.90 Å². The Morgan fingerprint density at radius 1 is 1.15 bits per heavy atom. The van der Waals surface area contributed by atoms with E-state index in [9.17, 15) is 4.79 Å². The van der Waals surface area contributed by atoms with Gasteiger partial charge in [0, 0.05) is 31.8 Å². The van der Waals surface area contributed by atoms with Gasteiger partial charge in [-0.15, -0.1) is 0 Å². The highest BCUT2D eigenvalue weighted by molar-refractivity contribution is 14.1. The zero-order valence-electron chi connectivity index (χ0n) is 15.8. The lowest BCUT2D eigenvalue weighted by Crippen LogP contribution is -2.46. The maximum atomic E-state index is 12.6. The van der Waals surface area contributed by atoms with E-state index >= 15 is 0 Å². The fourth-order valence-corrected chi connectivity index (χ4v) is 4.49. The number of hydrogen-bond donors (Lipinski definition) is 1. The standard InChI is InChI=1S/C22H25IN2O2/c1-15(2)25-11-9-22(10-12-25)14-27-20-8-7-18(13-19(20)22)24-21(26)16-3-5-17(23)6-4-16/h3-8,13,15H,9-12,14H2,1-2H3,(H,24,26). The van der Waals surface area contributed by atoms with Crippen LogP contribution in [0.2, 0.25) is 0 Å². The minimum atomic E-state index is -0.0751. The number of anilines is 1. The Balaban J connectivity index is 1.53. The molecule has 0 saturated carbocycles. The second-order valence-corrected chi connectivity index (χ2v) is 9.12. The Labute approximate surface area is 174 Å². The first-order valence-electron chi connectivity index (χ1n) is 9.55. The van der Waals surface area contributed by atoms with Gasteiger partial charge in [-0.05, 0) is 105 Å². The molecular weight excluding hydrogens is 451 g/mol. The van der Waals surface area contributed by atoms with E-state index in [4.69, 9.17) is 4.74 Å². The van der Waals surface area contributed by atoms with Gasteiger partial charge < -0.3 is 15.0 Å². The molecule has 1 spiro atoms. The summed E-state index contributed by atoms with van der Waals surface area (Å²) in [6.45, 7) is 7.47. The van der Waals surface area contributed by atoms with Crippen LogP contribution in [-0.4, -0.2) is 36.5 Å². The monoisotopic (exact) mass is 476 g/mol. The zero-order valence-corrected chi connectivity index (χ0v) is 18.0. The molecule has 0 bridgehead atoms. The van der Waals surface area contributed by atoms with Crippen molar-refractivity contribution in [2.24, 2.45) is 0 Å². The van der Waals surface area contributed by atoms with Crippen molar-refractivity contribution in [3.05, 3.63) is 57.2 Å². The highest BCUT2D eigenvalue weighted by atomic mass is 127. The van der Waals surface area contributed by atoms with Crippen LogP contribution in [0.15, 0.2) is 42.5 Å². The number of nitrogens with one attached hydrogen (secondary N) is 1. The molecule has 1 fully saturated rings. The number of fused-ring (bicyclic) bond motifs is 2. The lowest BCUT2D eigenvalue weighted by Gasteiger charge is -2.40. The number of amides is 1. The van der Waals surface area contributed by atoms with Gasteiger partial charge in [0.1, 0.15) is 5.75 Å². The summed E-state index contributed by atoms with van der Waals surface area (Å²) in [4.78, 5) is 15.1. The minimum Gasteiger partial charge on any atom is -0.492 e. The molecule has 2 aliphatic heterocycles. The Bertz CT molecular complexity index is 840. The molecule has 2 heterocycles. The average molecular weight is 476 g/mol. The fraction of sp³-hybridized carbons (Fsp3) is 0.409. The maximum absolute atomic E-state index is 12.6. The molecule has 0 atom stereocenters. The van der Waals surface area contributed by atoms with Crippen molar-refractivity contribution >= 4 is 34.2 Å². The first kappa shape index (κ1) is 18.7. The highest BCUT2D eigenvalue weighted by Gasteiger charge is 2.43. The molecule has 5 heteroatoms. The summed E-state index contributed by atoms with van der Waals surface area (Å²) in [5.74, 6) is 0.897. The molecule has 0 aromatic heterocycles. The Morgan fingerprint density at radius 3 is 2.52 bits per heavy atom. The van der Waals surface area contributed by atoms with Crippen LogP contribution in [0.25, 0.3) is 0 Å². The van der Waals surface area contributed by atoms with Gasteiger partial charge >= 0.3 is 0 Å². The van der Waals surface area contributed by atoms with Crippen LogP contribution in [0.4, 0.5) is 5.69 Å². The number of nitrogens with zero attached hydrogens (tertiary/aromatic N) is 1. The number of piperidine rings is 1. The molecule has 1 N–H and O–H groups in total. The first-order chi connectivity index (χ1) is 13.0. The number of benzene rings is 2. The molecule has 27 heavy (non-hydrogen) atoms. The zero-order chi connectivity index (χ0) is 19.0. The molecule has 2 aliphatic rings. The number of likely N-dealkylation sites (tertiary alicyclic amines) is 1. The van der Waals surface area contributed by atoms with Crippen molar-refractivity contribution < 1.29 is 9.53 Å².